The lowest BCUT2D eigenvalue weighted by atomic mass is 9.97. The van der Waals surface area contributed by atoms with Crippen molar-refractivity contribution in [3.05, 3.63) is 14.7 Å². The summed E-state index contributed by atoms with van der Waals surface area (Å²) in [5.74, 6) is -0.430. The molecule has 0 unspecified atom stereocenters. The molecule has 0 aliphatic carbocycles. The Hall–Kier alpha value is -1.20. The lowest BCUT2D eigenvalue weighted by molar-refractivity contribution is -0.121. The van der Waals surface area contributed by atoms with Gasteiger partial charge in [-0.2, -0.15) is 0 Å². The lowest BCUT2D eigenvalue weighted by Gasteiger charge is -2.29. The highest BCUT2D eigenvalue weighted by Crippen LogP contribution is 2.37. The zero-order chi connectivity index (χ0) is 18.2. The molecule has 3 heterocycles. The average Bonchev–Trinajstić information content (AvgIpc) is 3.12. The van der Waals surface area contributed by atoms with Gasteiger partial charge in [0, 0.05) is 19.0 Å². The number of carbonyl (C=O) groups is 1. The summed E-state index contributed by atoms with van der Waals surface area (Å²) in [7, 11) is -3.22. The number of aromatic nitrogens is 2. The second kappa shape index (κ2) is 7.20. The van der Waals surface area contributed by atoms with E-state index in [1.807, 2.05) is 0 Å². The van der Waals surface area contributed by atoms with Crippen LogP contribution in [0.2, 0.25) is 8.67 Å². The first-order valence-corrected chi connectivity index (χ1v) is 10.7. The molecule has 0 bridgehead atoms. The molecule has 1 aliphatic heterocycles. The molecule has 3 rings (SSSR count). The highest BCUT2D eigenvalue weighted by molar-refractivity contribution is 7.88. The summed E-state index contributed by atoms with van der Waals surface area (Å²) in [6, 6.07) is 1.57. The van der Waals surface area contributed by atoms with Gasteiger partial charge in [-0.25, -0.2) is 12.7 Å². The van der Waals surface area contributed by atoms with Crippen LogP contribution >= 0.6 is 34.5 Å². The number of anilines is 1. The van der Waals surface area contributed by atoms with Crippen molar-refractivity contribution >= 4 is 56.5 Å². The van der Waals surface area contributed by atoms with E-state index < -0.39 is 10.0 Å². The summed E-state index contributed by atoms with van der Waals surface area (Å²) in [4.78, 5) is 12.3. The van der Waals surface area contributed by atoms with Crippen molar-refractivity contribution in [1.82, 2.24) is 14.5 Å². The van der Waals surface area contributed by atoms with E-state index in [1.165, 1.54) is 15.6 Å². The zero-order valence-corrected chi connectivity index (χ0v) is 16.2. The number of thiophene rings is 1. The number of sulfonamides is 1. The Labute approximate surface area is 158 Å². The highest BCUT2D eigenvalue weighted by atomic mass is 35.5. The summed E-state index contributed by atoms with van der Waals surface area (Å²) in [6.07, 6.45) is 2.03. The number of carbonyl (C=O) groups excluding carboxylic acids is 1. The molecule has 8 nitrogen and oxygen atoms in total. The summed E-state index contributed by atoms with van der Waals surface area (Å²) in [5, 5.41) is 10.2. The maximum atomic E-state index is 12.3. The van der Waals surface area contributed by atoms with E-state index >= 15 is 0 Å². The highest BCUT2D eigenvalue weighted by Gasteiger charge is 2.29. The fourth-order valence-electron chi connectivity index (χ4n) is 2.53. The Morgan fingerprint density at radius 1 is 1.36 bits per heavy atom. The van der Waals surface area contributed by atoms with Gasteiger partial charge in [-0.1, -0.05) is 28.3 Å². The quantitative estimate of drug-likeness (QED) is 0.808. The number of amides is 1. The van der Waals surface area contributed by atoms with Crippen LogP contribution in [0.25, 0.3) is 11.5 Å². The molecule has 1 N–H and O–H groups in total. The average molecular weight is 425 g/mol. The minimum Gasteiger partial charge on any atom is -0.403 e. The monoisotopic (exact) mass is 424 g/mol. The molecule has 0 spiro atoms. The molecule has 2 aromatic heterocycles. The number of hydrogen-bond acceptors (Lipinski definition) is 7. The van der Waals surface area contributed by atoms with Crippen LogP contribution < -0.4 is 5.32 Å². The van der Waals surface area contributed by atoms with Crippen molar-refractivity contribution in [1.29, 1.82) is 0 Å². The Balaban J connectivity index is 1.62. The smallest absolute Gasteiger partial charge is 0.322 e. The molecule has 0 radical (unpaired) electrons. The largest absolute Gasteiger partial charge is 0.403 e. The van der Waals surface area contributed by atoms with Gasteiger partial charge in [0.2, 0.25) is 15.9 Å². The normalized spacial score (nSPS) is 16.9. The fraction of sp³-hybridized carbons (Fsp3) is 0.462. The van der Waals surface area contributed by atoms with Crippen LogP contribution in [0.5, 0.6) is 0 Å². The van der Waals surface area contributed by atoms with Gasteiger partial charge in [-0.05, 0) is 18.9 Å². The first-order chi connectivity index (χ1) is 11.7. The van der Waals surface area contributed by atoms with Crippen molar-refractivity contribution in [3.8, 4) is 11.5 Å². The predicted molar refractivity (Wildman–Crippen MR) is 95.4 cm³/mol. The molecule has 0 saturated carbocycles. The molecular weight excluding hydrogens is 411 g/mol. The van der Waals surface area contributed by atoms with Gasteiger partial charge in [0.25, 0.3) is 5.89 Å². The number of nitrogens with zero attached hydrogens (tertiary/aromatic N) is 3. The van der Waals surface area contributed by atoms with Crippen molar-refractivity contribution < 1.29 is 17.6 Å². The van der Waals surface area contributed by atoms with Crippen LogP contribution in [0.4, 0.5) is 6.01 Å². The molecule has 12 heteroatoms. The molecule has 1 aliphatic rings. The molecule has 0 atom stereocenters. The molecule has 136 valence electrons. The number of hydrogen-bond donors (Lipinski definition) is 1. The Kier molecular flexibility index (Phi) is 5.35. The molecule has 1 amide bonds. The molecule has 1 fully saturated rings. The third-order valence-electron chi connectivity index (χ3n) is 3.84. The summed E-state index contributed by atoms with van der Waals surface area (Å²) in [6.45, 7) is 0.629. The predicted octanol–water partition coefficient (Wildman–Crippen LogP) is 2.72. The number of nitrogens with one attached hydrogen (secondary N) is 1. The first-order valence-electron chi connectivity index (χ1n) is 7.28. The van der Waals surface area contributed by atoms with Gasteiger partial charge in [-0.3, -0.25) is 10.1 Å². The summed E-state index contributed by atoms with van der Waals surface area (Å²) >= 11 is 13.1. The summed E-state index contributed by atoms with van der Waals surface area (Å²) in [5.41, 5.74) is 0.506. The fourth-order valence-corrected chi connectivity index (χ4v) is 4.85. The molecule has 0 aromatic carbocycles. The zero-order valence-electron chi connectivity index (χ0n) is 13.0. The van der Waals surface area contributed by atoms with Gasteiger partial charge >= 0.3 is 6.01 Å². The van der Waals surface area contributed by atoms with Gasteiger partial charge in [0.15, 0.2) is 0 Å². The molecule has 1 saturated heterocycles. The second-order valence-corrected chi connectivity index (χ2v) is 9.84. The van der Waals surface area contributed by atoms with Crippen molar-refractivity contribution in [2.45, 2.75) is 12.8 Å². The van der Waals surface area contributed by atoms with Crippen molar-refractivity contribution in [3.63, 3.8) is 0 Å². The van der Waals surface area contributed by atoms with E-state index in [2.05, 4.69) is 15.5 Å². The van der Waals surface area contributed by atoms with E-state index in [9.17, 15) is 13.2 Å². The first kappa shape index (κ1) is 18.6. The van der Waals surface area contributed by atoms with Gasteiger partial charge < -0.3 is 4.42 Å². The minimum absolute atomic E-state index is 0.0380. The van der Waals surface area contributed by atoms with E-state index in [1.54, 1.807) is 6.07 Å². The number of halogens is 2. The Morgan fingerprint density at radius 2 is 2.04 bits per heavy atom. The van der Waals surface area contributed by atoms with Crippen LogP contribution in [0, 0.1) is 5.92 Å². The van der Waals surface area contributed by atoms with E-state index in [0.717, 1.165) is 6.26 Å². The summed E-state index contributed by atoms with van der Waals surface area (Å²) < 4.78 is 30.7. The van der Waals surface area contributed by atoms with E-state index in [0.29, 0.717) is 40.2 Å². The maximum Gasteiger partial charge on any atom is 0.322 e. The van der Waals surface area contributed by atoms with Crippen LogP contribution in [0.1, 0.15) is 12.8 Å². The lowest BCUT2D eigenvalue weighted by Crippen LogP contribution is -2.40. The second-order valence-electron chi connectivity index (χ2n) is 5.58. The maximum absolute atomic E-state index is 12.3. The van der Waals surface area contributed by atoms with Crippen molar-refractivity contribution in [2.24, 2.45) is 5.92 Å². The van der Waals surface area contributed by atoms with E-state index in [4.69, 9.17) is 27.6 Å². The molecule has 25 heavy (non-hydrogen) atoms. The Morgan fingerprint density at radius 3 is 2.60 bits per heavy atom. The third-order valence-corrected chi connectivity index (χ3v) is 6.63. The minimum atomic E-state index is -3.22. The van der Waals surface area contributed by atoms with Crippen LogP contribution in [-0.4, -0.2) is 48.2 Å². The van der Waals surface area contributed by atoms with Crippen LogP contribution in [0.3, 0.4) is 0 Å². The molecule has 2 aromatic rings. The van der Waals surface area contributed by atoms with Crippen LogP contribution in [0.15, 0.2) is 10.5 Å². The van der Waals surface area contributed by atoms with Gasteiger partial charge in [0.05, 0.1) is 16.2 Å². The Bertz CT molecular complexity index is 888. The number of rotatable bonds is 4. The third kappa shape index (κ3) is 4.32. The standard InChI is InChI=1S/C13H14Cl2N4O4S2/c1-25(21,22)19-4-2-7(3-5-19)11(20)16-13-18-17-12(23-13)8-6-9(14)24-10(8)15/h6-7H,2-5H2,1H3,(H,16,18,20). The van der Waals surface area contributed by atoms with E-state index in [-0.39, 0.29) is 23.7 Å². The van der Waals surface area contributed by atoms with Crippen molar-refractivity contribution in [2.75, 3.05) is 24.7 Å². The topological polar surface area (TPSA) is 105 Å². The SMILES string of the molecule is CS(=O)(=O)N1CCC(C(=O)Nc2nnc(-c3cc(Cl)sc3Cl)o2)CC1. The van der Waals surface area contributed by atoms with Gasteiger partial charge in [-0.15, -0.1) is 16.4 Å². The number of piperidine rings is 1. The van der Waals surface area contributed by atoms with Gasteiger partial charge in [0.1, 0.15) is 4.34 Å². The van der Waals surface area contributed by atoms with Crippen LogP contribution in [-0.2, 0) is 14.8 Å². The molecular formula is C13H14Cl2N4O4S2.